The van der Waals surface area contributed by atoms with Crippen LogP contribution in [0.1, 0.15) is 10.4 Å². The summed E-state index contributed by atoms with van der Waals surface area (Å²) in [5.41, 5.74) is 1.60. The van der Waals surface area contributed by atoms with Gasteiger partial charge >= 0.3 is 0 Å². The molecular formula is C16H10ClFN2O2. The molecule has 0 aliphatic rings. The Kier molecular flexibility index (Phi) is 3.89. The van der Waals surface area contributed by atoms with E-state index in [1.165, 1.54) is 12.1 Å². The minimum Gasteiger partial charge on any atom is -0.338 e. The predicted octanol–water partition coefficient (Wildman–Crippen LogP) is 4.39. The van der Waals surface area contributed by atoms with Crippen LogP contribution in [-0.2, 0) is 0 Å². The fourth-order valence-electron chi connectivity index (χ4n) is 1.90. The third-order valence-corrected chi connectivity index (χ3v) is 3.21. The molecule has 3 rings (SSSR count). The normalized spacial score (nSPS) is 10.5. The Morgan fingerprint density at radius 1 is 1.14 bits per heavy atom. The highest BCUT2D eigenvalue weighted by atomic mass is 35.5. The molecule has 3 aromatic rings. The first-order chi connectivity index (χ1) is 10.6. The third-order valence-electron chi connectivity index (χ3n) is 2.97. The lowest BCUT2D eigenvalue weighted by Gasteiger charge is -2.01. The Morgan fingerprint density at radius 3 is 2.64 bits per heavy atom. The molecule has 22 heavy (non-hydrogen) atoms. The number of anilines is 1. The predicted molar refractivity (Wildman–Crippen MR) is 81.3 cm³/mol. The van der Waals surface area contributed by atoms with Crippen LogP contribution in [0.2, 0.25) is 5.02 Å². The summed E-state index contributed by atoms with van der Waals surface area (Å²) in [5, 5.41) is 6.90. The van der Waals surface area contributed by atoms with E-state index in [0.29, 0.717) is 21.8 Å². The van der Waals surface area contributed by atoms with E-state index in [2.05, 4.69) is 10.5 Å². The zero-order chi connectivity index (χ0) is 15.5. The van der Waals surface area contributed by atoms with Crippen molar-refractivity contribution in [1.82, 2.24) is 5.16 Å². The van der Waals surface area contributed by atoms with Crippen molar-refractivity contribution in [3.63, 3.8) is 0 Å². The molecule has 6 heteroatoms. The molecule has 1 aromatic heterocycles. The van der Waals surface area contributed by atoms with E-state index in [-0.39, 0.29) is 17.6 Å². The number of hydrogen-bond donors (Lipinski definition) is 1. The van der Waals surface area contributed by atoms with Crippen molar-refractivity contribution < 1.29 is 13.7 Å². The molecule has 0 radical (unpaired) electrons. The van der Waals surface area contributed by atoms with Gasteiger partial charge in [0.25, 0.3) is 5.91 Å². The smallest absolute Gasteiger partial charge is 0.258 e. The number of aromatic nitrogens is 1. The molecule has 0 saturated heterocycles. The molecule has 1 amide bonds. The van der Waals surface area contributed by atoms with Gasteiger partial charge in [-0.05, 0) is 42.5 Å². The number of halogens is 2. The lowest BCUT2D eigenvalue weighted by molar-refractivity contribution is 0.102. The first-order valence-corrected chi connectivity index (χ1v) is 6.79. The van der Waals surface area contributed by atoms with Crippen LogP contribution >= 0.6 is 11.6 Å². The van der Waals surface area contributed by atoms with Crippen LogP contribution in [0.15, 0.2) is 59.1 Å². The maximum atomic E-state index is 12.9. The summed E-state index contributed by atoms with van der Waals surface area (Å²) >= 11 is 5.84. The van der Waals surface area contributed by atoms with Gasteiger partial charge in [-0.25, -0.2) is 4.39 Å². The number of carbonyl (C=O) groups is 1. The van der Waals surface area contributed by atoms with E-state index in [4.69, 9.17) is 16.1 Å². The molecule has 0 aliphatic heterocycles. The maximum Gasteiger partial charge on any atom is 0.258 e. The van der Waals surface area contributed by atoms with Crippen molar-refractivity contribution in [3.05, 3.63) is 71.0 Å². The van der Waals surface area contributed by atoms with E-state index in [1.807, 2.05) is 0 Å². The Labute approximate surface area is 130 Å². The Morgan fingerprint density at radius 2 is 1.91 bits per heavy atom. The third kappa shape index (κ3) is 3.15. The van der Waals surface area contributed by atoms with Crippen LogP contribution in [-0.4, -0.2) is 11.1 Å². The second-order valence-corrected chi connectivity index (χ2v) is 4.98. The van der Waals surface area contributed by atoms with Crippen molar-refractivity contribution in [3.8, 4) is 11.3 Å². The lowest BCUT2D eigenvalue weighted by atomic mass is 10.1. The topological polar surface area (TPSA) is 55.1 Å². The highest BCUT2D eigenvalue weighted by molar-refractivity contribution is 6.31. The van der Waals surface area contributed by atoms with Crippen LogP contribution in [0.3, 0.4) is 0 Å². The average molecular weight is 317 g/mol. The van der Waals surface area contributed by atoms with Gasteiger partial charge in [0.1, 0.15) is 11.5 Å². The maximum absolute atomic E-state index is 12.9. The fourth-order valence-corrected chi connectivity index (χ4v) is 2.09. The molecule has 0 fully saturated rings. The van der Waals surface area contributed by atoms with Crippen LogP contribution in [0.4, 0.5) is 10.3 Å². The summed E-state index contributed by atoms with van der Waals surface area (Å²) < 4.78 is 18.0. The highest BCUT2D eigenvalue weighted by Gasteiger charge is 2.11. The SMILES string of the molecule is O=C(Nc1cc(-c2ccc(F)cc2)no1)c1cccc(Cl)c1. The molecule has 1 heterocycles. The van der Waals surface area contributed by atoms with E-state index >= 15 is 0 Å². The van der Waals surface area contributed by atoms with Gasteiger partial charge in [0.15, 0.2) is 0 Å². The first-order valence-electron chi connectivity index (χ1n) is 6.41. The summed E-state index contributed by atoms with van der Waals surface area (Å²) in [6, 6.07) is 13.9. The lowest BCUT2D eigenvalue weighted by Crippen LogP contribution is -2.11. The summed E-state index contributed by atoms with van der Waals surface area (Å²) in [7, 11) is 0. The molecular weight excluding hydrogens is 307 g/mol. The van der Waals surface area contributed by atoms with E-state index < -0.39 is 0 Å². The van der Waals surface area contributed by atoms with Gasteiger partial charge < -0.3 is 4.52 Å². The van der Waals surface area contributed by atoms with Crippen molar-refractivity contribution in [2.45, 2.75) is 0 Å². The monoisotopic (exact) mass is 316 g/mol. The number of hydrogen-bond acceptors (Lipinski definition) is 3. The number of nitrogens with one attached hydrogen (secondary N) is 1. The second kappa shape index (κ2) is 5.99. The van der Waals surface area contributed by atoms with E-state index in [1.54, 1.807) is 42.5 Å². The van der Waals surface area contributed by atoms with E-state index in [0.717, 1.165) is 0 Å². The zero-order valence-electron chi connectivity index (χ0n) is 11.2. The fraction of sp³-hybridized carbons (Fsp3) is 0. The van der Waals surface area contributed by atoms with Gasteiger partial charge in [0.05, 0.1) is 0 Å². The van der Waals surface area contributed by atoms with Crippen molar-refractivity contribution >= 4 is 23.4 Å². The van der Waals surface area contributed by atoms with Crippen LogP contribution < -0.4 is 5.32 Å². The molecule has 0 bridgehead atoms. The number of amides is 1. The first kappa shape index (κ1) is 14.3. The minimum absolute atomic E-state index is 0.198. The highest BCUT2D eigenvalue weighted by Crippen LogP contribution is 2.22. The molecule has 0 saturated carbocycles. The van der Waals surface area contributed by atoms with Crippen LogP contribution in [0.5, 0.6) is 0 Å². The van der Waals surface area contributed by atoms with Gasteiger partial charge in [-0.3, -0.25) is 10.1 Å². The van der Waals surface area contributed by atoms with Gasteiger partial charge in [-0.1, -0.05) is 22.8 Å². The minimum atomic E-state index is -0.357. The number of nitrogens with zero attached hydrogens (tertiary/aromatic N) is 1. The van der Waals surface area contributed by atoms with Gasteiger partial charge in [-0.2, -0.15) is 0 Å². The van der Waals surface area contributed by atoms with Gasteiger partial charge in [0.2, 0.25) is 5.88 Å². The Hall–Kier alpha value is -2.66. The quantitative estimate of drug-likeness (QED) is 0.779. The summed E-state index contributed by atoms with van der Waals surface area (Å²) in [5.74, 6) is -0.490. The molecule has 0 atom stereocenters. The molecule has 0 aliphatic carbocycles. The summed E-state index contributed by atoms with van der Waals surface area (Å²) in [6.07, 6.45) is 0. The average Bonchev–Trinajstić information content (AvgIpc) is 2.96. The zero-order valence-corrected chi connectivity index (χ0v) is 12.0. The molecule has 4 nitrogen and oxygen atoms in total. The second-order valence-electron chi connectivity index (χ2n) is 4.55. The van der Waals surface area contributed by atoms with Gasteiger partial charge in [-0.15, -0.1) is 0 Å². The molecule has 0 spiro atoms. The Bertz CT molecular complexity index is 815. The summed E-state index contributed by atoms with van der Waals surface area (Å²) in [6.45, 7) is 0. The van der Waals surface area contributed by atoms with E-state index in [9.17, 15) is 9.18 Å². The van der Waals surface area contributed by atoms with Crippen molar-refractivity contribution in [2.24, 2.45) is 0 Å². The van der Waals surface area contributed by atoms with Crippen molar-refractivity contribution in [2.75, 3.05) is 5.32 Å². The number of rotatable bonds is 3. The number of carbonyl (C=O) groups excluding carboxylic acids is 1. The molecule has 2 aromatic carbocycles. The van der Waals surface area contributed by atoms with Gasteiger partial charge in [0, 0.05) is 22.2 Å². The standard InChI is InChI=1S/C16H10ClFN2O2/c17-12-3-1-2-11(8-12)16(21)19-15-9-14(20-22-15)10-4-6-13(18)7-5-10/h1-9H,(H,19,21). The van der Waals surface area contributed by atoms with Crippen LogP contribution in [0, 0.1) is 5.82 Å². The Balaban J connectivity index is 1.77. The molecule has 0 unspecified atom stereocenters. The van der Waals surface area contributed by atoms with Crippen LogP contribution in [0.25, 0.3) is 11.3 Å². The molecule has 110 valence electrons. The largest absolute Gasteiger partial charge is 0.338 e. The molecule has 1 N–H and O–H groups in total. The number of benzene rings is 2. The summed E-state index contributed by atoms with van der Waals surface area (Å²) in [4.78, 5) is 12.0. The van der Waals surface area contributed by atoms with Crippen molar-refractivity contribution in [1.29, 1.82) is 0 Å².